The van der Waals surface area contributed by atoms with Crippen LogP contribution in [0, 0.1) is 17.1 Å². The molecule has 1 fully saturated rings. The Balaban J connectivity index is 1.69. The van der Waals surface area contributed by atoms with Crippen LogP contribution < -0.4 is 15.2 Å². The molecule has 202 valence electrons. The number of hydrogen-bond acceptors (Lipinski definition) is 6. The number of nitriles is 1. The summed E-state index contributed by atoms with van der Waals surface area (Å²) in [6.07, 6.45) is -3.47. The van der Waals surface area contributed by atoms with Crippen molar-refractivity contribution in [1.82, 2.24) is 14.5 Å². The maximum Gasteiger partial charge on any atom is 0.573 e. The first-order valence-corrected chi connectivity index (χ1v) is 12.5. The summed E-state index contributed by atoms with van der Waals surface area (Å²) < 4.78 is 58.0. The Hall–Kier alpha value is -3.65. The molecule has 1 saturated heterocycles. The minimum atomic E-state index is -4.90. The molecular formula is C27H29F4N5O2. The number of aryl methyl sites for hydroxylation is 1. The van der Waals surface area contributed by atoms with Gasteiger partial charge in [-0.25, -0.2) is 9.37 Å². The monoisotopic (exact) mass is 531 g/mol. The van der Waals surface area contributed by atoms with Gasteiger partial charge < -0.3 is 14.2 Å². The Morgan fingerprint density at radius 1 is 1.13 bits per heavy atom. The Kier molecular flexibility index (Phi) is 7.65. The molecule has 0 saturated carbocycles. The molecule has 2 aromatic heterocycles. The highest BCUT2D eigenvalue weighted by Gasteiger charge is 2.37. The second-order valence-corrected chi connectivity index (χ2v) is 9.48. The standard InChI is InChI=1S/C27H29F4N5O2/c1-5-18-15-36(24-12-25(37)34(4)23-10-7-17(13-32)33-26(23)24)19(6-2)14-35(18)16(3)21-9-8-20(11-22(21)28)38-27(29,30)31/h7-12,16,18-19H,5-6,14-15H2,1-4H3/t16?,18?,19-/m0/s1. The molecule has 3 atom stereocenters. The van der Waals surface area contributed by atoms with Crippen LogP contribution in [0.2, 0.25) is 0 Å². The van der Waals surface area contributed by atoms with E-state index in [1.807, 2.05) is 20.8 Å². The summed E-state index contributed by atoms with van der Waals surface area (Å²) in [5, 5.41) is 9.40. The van der Waals surface area contributed by atoms with Crippen molar-refractivity contribution in [3.05, 3.63) is 63.8 Å². The highest BCUT2D eigenvalue weighted by molar-refractivity contribution is 5.89. The molecule has 0 amide bonds. The number of aromatic nitrogens is 2. The van der Waals surface area contributed by atoms with Gasteiger partial charge in [-0.2, -0.15) is 5.26 Å². The Morgan fingerprint density at radius 3 is 2.45 bits per heavy atom. The molecule has 3 aromatic rings. The molecular weight excluding hydrogens is 502 g/mol. The molecule has 1 aliphatic heterocycles. The molecule has 2 unspecified atom stereocenters. The van der Waals surface area contributed by atoms with Gasteiger partial charge in [0.2, 0.25) is 0 Å². The van der Waals surface area contributed by atoms with Crippen molar-refractivity contribution >= 4 is 16.7 Å². The molecule has 3 heterocycles. The van der Waals surface area contributed by atoms with Crippen LogP contribution in [-0.2, 0) is 7.05 Å². The van der Waals surface area contributed by atoms with Crippen molar-refractivity contribution in [3.63, 3.8) is 0 Å². The van der Waals surface area contributed by atoms with Gasteiger partial charge in [0.15, 0.2) is 0 Å². The van der Waals surface area contributed by atoms with Crippen LogP contribution in [0.25, 0.3) is 11.0 Å². The van der Waals surface area contributed by atoms with Crippen LogP contribution in [-0.4, -0.2) is 46.0 Å². The predicted molar refractivity (Wildman–Crippen MR) is 135 cm³/mol. The molecule has 0 N–H and O–H groups in total. The molecule has 1 aromatic carbocycles. The predicted octanol–water partition coefficient (Wildman–Crippen LogP) is 5.28. The third kappa shape index (κ3) is 5.31. The third-order valence-corrected chi connectivity index (χ3v) is 7.33. The first-order valence-electron chi connectivity index (χ1n) is 12.5. The minimum absolute atomic E-state index is 0.0449. The number of fused-ring (bicyclic) bond motifs is 1. The highest BCUT2D eigenvalue weighted by atomic mass is 19.4. The first kappa shape index (κ1) is 27.4. The Labute approximate surface area is 217 Å². The lowest BCUT2D eigenvalue weighted by molar-refractivity contribution is -0.274. The molecule has 0 bridgehead atoms. The lowest BCUT2D eigenvalue weighted by Crippen LogP contribution is -2.59. The van der Waals surface area contributed by atoms with Crippen molar-refractivity contribution in [2.75, 3.05) is 18.0 Å². The number of benzene rings is 1. The molecule has 0 spiro atoms. The van der Waals surface area contributed by atoms with Crippen LogP contribution in [0.4, 0.5) is 23.2 Å². The second-order valence-electron chi connectivity index (χ2n) is 9.48. The van der Waals surface area contributed by atoms with E-state index in [-0.39, 0.29) is 28.9 Å². The second kappa shape index (κ2) is 10.6. The summed E-state index contributed by atoms with van der Waals surface area (Å²) in [6, 6.07) is 9.61. The third-order valence-electron chi connectivity index (χ3n) is 7.33. The van der Waals surface area contributed by atoms with E-state index in [0.717, 1.165) is 18.6 Å². The number of rotatable bonds is 6. The van der Waals surface area contributed by atoms with Crippen LogP contribution in [0.5, 0.6) is 5.75 Å². The quantitative estimate of drug-likeness (QED) is 0.403. The topological polar surface area (TPSA) is 74.4 Å². The molecule has 11 heteroatoms. The smallest absolute Gasteiger partial charge is 0.406 e. The van der Waals surface area contributed by atoms with E-state index in [1.165, 1.54) is 10.6 Å². The maximum atomic E-state index is 15.0. The van der Waals surface area contributed by atoms with Crippen LogP contribution >= 0.6 is 0 Å². The van der Waals surface area contributed by atoms with Gasteiger partial charge in [-0.3, -0.25) is 9.69 Å². The van der Waals surface area contributed by atoms with Gasteiger partial charge in [0, 0.05) is 56.0 Å². The molecule has 7 nitrogen and oxygen atoms in total. The average Bonchev–Trinajstić information content (AvgIpc) is 2.88. The number of alkyl halides is 3. The Morgan fingerprint density at radius 2 is 1.84 bits per heavy atom. The van der Waals surface area contributed by atoms with Crippen molar-refractivity contribution in [2.24, 2.45) is 7.05 Å². The number of halogens is 4. The number of nitrogens with zero attached hydrogens (tertiary/aromatic N) is 5. The average molecular weight is 532 g/mol. The molecule has 0 aliphatic carbocycles. The van der Waals surface area contributed by atoms with Gasteiger partial charge in [-0.15, -0.1) is 13.2 Å². The fourth-order valence-corrected chi connectivity index (χ4v) is 5.27. The maximum absolute atomic E-state index is 15.0. The van der Waals surface area contributed by atoms with E-state index in [4.69, 9.17) is 0 Å². The fourth-order valence-electron chi connectivity index (χ4n) is 5.27. The van der Waals surface area contributed by atoms with Gasteiger partial charge >= 0.3 is 6.36 Å². The zero-order valence-corrected chi connectivity index (χ0v) is 21.6. The van der Waals surface area contributed by atoms with E-state index in [0.29, 0.717) is 36.2 Å². The van der Waals surface area contributed by atoms with E-state index < -0.39 is 24.0 Å². The summed E-state index contributed by atoms with van der Waals surface area (Å²) in [5.74, 6) is -1.37. The summed E-state index contributed by atoms with van der Waals surface area (Å²) in [7, 11) is 1.66. The summed E-state index contributed by atoms with van der Waals surface area (Å²) >= 11 is 0. The van der Waals surface area contributed by atoms with Gasteiger partial charge in [0.25, 0.3) is 5.56 Å². The summed E-state index contributed by atoms with van der Waals surface area (Å²) in [6.45, 7) is 6.93. The van der Waals surface area contributed by atoms with Crippen molar-refractivity contribution < 1.29 is 22.3 Å². The van der Waals surface area contributed by atoms with Crippen LogP contribution in [0.15, 0.2) is 41.2 Å². The van der Waals surface area contributed by atoms with E-state index in [1.54, 1.807) is 25.2 Å². The van der Waals surface area contributed by atoms with Crippen molar-refractivity contribution in [2.45, 2.75) is 58.1 Å². The largest absolute Gasteiger partial charge is 0.573 e. The number of pyridine rings is 2. The van der Waals surface area contributed by atoms with E-state index in [9.17, 15) is 27.6 Å². The van der Waals surface area contributed by atoms with Gasteiger partial charge in [-0.1, -0.05) is 19.9 Å². The number of anilines is 1. The van der Waals surface area contributed by atoms with E-state index in [2.05, 4.69) is 25.6 Å². The molecule has 0 radical (unpaired) electrons. The van der Waals surface area contributed by atoms with E-state index >= 15 is 0 Å². The number of hydrogen-bond donors (Lipinski definition) is 0. The summed E-state index contributed by atoms with van der Waals surface area (Å²) in [4.78, 5) is 21.6. The van der Waals surface area contributed by atoms with Crippen molar-refractivity contribution in [1.29, 1.82) is 5.26 Å². The fraction of sp³-hybridized carbons (Fsp3) is 0.444. The van der Waals surface area contributed by atoms with Crippen LogP contribution in [0.3, 0.4) is 0 Å². The number of piperazine rings is 1. The van der Waals surface area contributed by atoms with Gasteiger partial charge in [-0.05, 0) is 38.0 Å². The first-order chi connectivity index (χ1) is 18.0. The van der Waals surface area contributed by atoms with Gasteiger partial charge in [0.05, 0.1) is 11.2 Å². The Bertz CT molecular complexity index is 1430. The zero-order valence-electron chi connectivity index (χ0n) is 21.6. The normalized spacial score (nSPS) is 19.4. The minimum Gasteiger partial charge on any atom is -0.406 e. The lowest BCUT2D eigenvalue weighted by Gasteiger charge is -2.49. The molecule has 4 rings (SSSR count). The number of ether oxygens (including phenoxy) is 1. The SMILES string of the molecule is CCC1CN(c2cc(=O)n(C)c3ccc(C#N)nc23)[C@@H](CC)CN1C(C)c1ccc(OC(F)(F)F)cc1F. The zero-order chi connectivity index (χ0) is 27.8. The van der Waals surface area contributed by atoms with Crippen LogP contribution in [0.1, 0.15) is 50.9 Å². The molecule has 38 heavy (non-hydrogen) atoms. The lowest BCUT2D eigenvalue weighted by atomic mass is 9.96. The van der Waals surface area contributed by atoms with Crippen molar-refractivity contribution in [3.8, 4) is 11.8 Å². The van der Waals surface area contributed by atoms with Gasteiger partial charge in [0.1, 0.15) is 28.8 Å². The molecule has 1 aliphatic rings. The highest BCUT2D eigenvalue weighted by Crippen LogP contribution is 2.36. The summed E-state index contributed by atoms with van der Waals surface area (Å²) in [5.41, 5.74) is 2.16.